The molecule has 0 unspecified atom stereocenters. The van der Waals surface area contributed by atoms with Gasteiger partial charge in [-0.15, -0.1) is 0 Å². The molecule has 0 atom stereocenters. The van der Waals surface area contributed by atoms with Gasteiger partial charge in [-0.1, -0.05) is 18.2 Å². The van der Waals surface area contributed by atoms with Crippen LogP contribution < -0.4 is 10.6 Å². The summed E-state index contributed by atoms with van der Waals surface area (Å²) in [5.74, 6) is 0.154. The highest BCUT2D eigenvalue weighted by Gasteiger charge is 2.30. The first kappa shape index (κ1) is 18.4. The van der Waals surface area contributed by atoms with Crippen LogP contribution in [0.1, 0.15) is 26.3 Å². The molecular formula is C15H24FN3O2S. The Kier molecular flexibility index (Phi) is 6.34. The number of halogens is 1. The summed E-state index contributed by atoms with van der Waals surface area (Å²) in [6, 6.07) is 6.43. The average Bonchev–Trinajstić information content (AvgIpc) is 2.42. The van der Waals surface area contributed by atoms with E-state index in [9.17, 15) is 12.8 Å². The summed E-state index contributed by atoms with van der Waals surface area (Å²) >= 11 is 0. The summed E-state index contributed by atoms with van der Waals surface area (Å²) < 4.78 is 36.0. The van der Waals surface area contributed by atoms with Gasteiger partial charge in [-0.3, -0.25) is 0 Å². The van der Waals surface area contributed by atoms with E-state index in [1.54, 1.807) is 32.0 Å². The van der Waals surface area contributed by atoms with Crippen molar-refractivity contribution in [3.8, 4) is 0 Å². The summed E-state index contributed by atoms with van der Waals surface area (Å²) in [6.07, 6.45) is 1.21. The molecule has 0 aliphatic rings. The number of nitrogens with one attached hydrogen (secondary N) is 2. The quantitative estimate of drug-likeness (QED) is 0.616. The standard InChI is InChI=1S/C15H24FN3O2S/c1-5-17-14(19-11-15(2,3)22(4,20)21)18-10-12-8-6-7-9-13(12)16/h6-9H,5,10-11H2,1-4H3,(H2,17,18,19). The molecule has 22 heavy (non-hydrogen) atoms. The van der Waals surface area contributed by atoms with Crippen molar-refractivity contribution in [2.24, 2.45) is 4.99 Å². The lowest BCUT2D eigenvalue weighted by atomic mass is 10.2. The van der Waals surface area contributed by atoms with Crippen LogP contribution in [0.25, 0.3) is 0 Å². The zero-order valence-electron chi connectivity index (χ0n) is 13.5. The molecule has 0 heterocycles. The molecule has 0 spiro atoms. The van der Waals surface area contributed by atoms with Gasteiger partial charge in [0.05, 0.1) is 11.3 Å². The molecule has 7 heteroatoms. The Labute approximate surface area is 132 Å². The van der Waals surface area contributed by atoms with E-state index in [0.29, 0.717) is 18.1 Å². The summed E-state index contributed by atoms with van der Waals surface area (Å²) in [7, 11) is -3.19. The smallest absolute Gasteiger partial charge is 0.191 e. The molecule has 5 nitrogen and oxygen atoms in total. The molecule has 2 N–H and O–H groups in total. The van der Waals surface area contributed by atoms with Gasteiger partial charge in [0.2, 0.25) is 0 Å². The molecule has 1 rings (SSSR count). The molecule has 0 aliphatic heterocycles. The lowest BCUT2D eigenvalue weighted by Crippen LogP contribution is -2.47. The first-order valence-corrected chi connectivity index (χ1v) is 9.01. The van der Waals surface area contributed by atoms with Gasteiger partial charge < -0.3 is 10.6 Å². The van der Waals surface area contributed by atoms with Crippen LogP contribution >= 0.6 is 0 Å². The van der Waals surface area contributed by atoms with Crippen LogP contribution in [0.4, 0.5) is 4.39 Å². The molecular weight excluding hydrogens is 305 g/mol. The molecule has 0 fully saturated rings. The van der Waals surface area contributed by atoms with Crippen LogP contribution in [0.3, 0.4) is 0 Å². The van der Waals surface area contributed by atoms with E-state index >= 15 is 0 Å². The number of aliphatic imine (C=N–C) groups is 1. The summed E-state index contributed by atoms with van der Waals surface area (Å²) in [6.45, 7) is 6.23. The van der Waals surface area contributed by atoms with Gasteiger partial charge in [0.25, 0.3) is 0 Å². The average molecular weight is 329 g/mol. The van der Waals surface area contributed by atoms with Gasteiger partial charge in [-0.2, -0.15) is 0 Å². The van der Waals surface area contributed by atoms with Crippen molar-refractivity contribution >= 4 is 15.8 Å². The van der Waals surface area contributed by atoms with Crippen LogP contribution in [0.2, 0.25) is 0 Å². The zero-order valence-corrected chi connectivity index (χ0v) is 14.3. The van der Waals surface area contributed by atoms with Crippen molar-refractivity contribution in [2.45, 2.75) is 32.1 Å². The third-order valence-electron chi connectivity index (χ3n) is 3.39. The minimum absolute atomic E-state index is 0.182. The first-order valence-electron chi connectivity index (χ1n) is 7.12. The van der Waals surface area contributed by atoms with Gasteiger partial charge in [-0.25, -0.2) is 17.8 Å². The predicted octanol–water partition coefficient (Wildman–Crippen LogP) is 1.70. The third kappa shape index (κ3) is 5.29. The molecule has 124 valence electrons. The van der Waals surface area contributed by atoms with Crippen molar-refractivity contribution in [1.29, 1.82) is 0 Å². The summed E-state index contributed by atoms with van der Waals surface area (Å²) in [5, 5.41) is 6.01. The van der Waals surface area contributed by atoms with Gasteiger partial charge in [0, 0.05) is 24.9 Å². The Balaban J connectivity index is 2.78. The molecule has 0 bridgehead atoms. The normalized spacial score (nSPS) is 13.0. The number of hydrogen-bond donors (Lipinski definition) is 2. The van der Waals surface area contributed by atoms with Crippen molar-refractivity contribution < 1.29 is 12.8 Å². The Hall–Kier alpha value is -1.63. The zero-order chi connectivity index (χ0) is 16.8. The lowest BCUT2D eigenvalue weighted by molar-refractivity contribution is 0.544. The summed E-state index contributed by atoms with van der Waals surface area (Å²) in [4.78, 5) is 4.29. The fourth-order valence-corrected chi connectivity index (χ4v) is 1.89. The number of benzene rings is 1. The molecule has 0 aromatic heterocycles. The highest BCUT2D eigenvalue weighted by Crippen LogP contribution is 2.13. The largest absolute Gasteiger partial charge is 0.357 e. The topological polar surface area (TPSA) is 70.6 Å². The lowest BCUT2D eigenvalue weighted by Gasteiger charge is -2.24. The van der Waals surface area contributed by atoms with Crippen LogP contribution in [0, 0.1) is 5.82 Å². The summed E-state index contributed by atoms with van der Waals surface area (Å²) in [5.41, 5.74) is 0.488. The van der Waals surface area contributed by atoms with E-state index in [1.807, 2.05) is 6.92 Å². The molecule has 1 aromatic rings. The highest BCUT2D eigenvalue weighted by atomic mass is 32.2. The molecule has 1 aromatic carbocycles. The van der Waals surface area contributed by atoms with E-state index in [4.69, 9.17) is 0 Å². The van der Waals surface area contributed by atoms with Crippen LogP contribution in [-0.2, 0) is 16.4 Å². The Bertz CT molecular complexity index is 627. The van der Waals surface area contributed by atoms with Crippen LogP contribution in [0.5, 0.6) is 0 Å². The maximum absolute atomic E-state index is 13.6. The minimum atomic E-state index is -3.19. The minimum Gasteiger partial charge on any atom is -0.357 e. The number of nitrogens with zero attached hydrogens (tertiary/aromatic N) is 1. The first-order chi connectivity index (χ1) is 10.2. The number of rotatable bonds is 6. The van der Waals surface area contributed by atoms with Crippen LogP contribution in [0.15, 0.2) is 29.3 Å². The van der Waals surface area contributed by atoms with Gasteiger partial charge >= 0.3 is 0 Å². The Morgan fingerprint density at radius 3 is 2.45 bits per heavy atom. The second-order valence-corrected chi connectivity index (χ2v) is 8.32. The van der Waals surface area contributed by atoms with Crippen molar-refractivity contribution in [3.05, 3.63) is 35.6 Å². The number of hydrogen-bond acceptors (Lipinski definition) is 3. The molecule has 0 aliphatic carbocycles. The monoisotopic (exact) mass is 329 g/mol. The predicted molar refractivity (Wildman–Crippen MR) is 88.1 cm³/mol. The van der Waals surface area contributed by atoms with E-state index < -0.39 is 14.6 Å². The second-order valence-electron chi connectivity index (χ2n) is 5.67. The van der Waals surface area contributed by atoms with Crippen molar-refractivity contribution in [1.82, 2.24) is 10.6 Å². The SMILES string of the molecule is CCNC(=NCc1ccccc1F)NCC(C)(C)S(C)(=O)=O. The molecule has 0 radical (unpaired) electrons. The molecule has 0 saturated heterocycles. The van der Waals surface area contributed by atoms with Gasteiger partial charge in [0.1, 0.15) is 5.82 Å². The maximum atomic E-state index is 13.6. The van der Waals surface area contributed by atoms with Crippen LogP contribution in [-0.4, -0.2) is 38.5 Å². The Morgan fingerprint density at radius 1 is 1.27 bits per heavy atom. The van der Waals surface area contributed by atoms with E-state index in [0.717, 1.165) is 0 Å². The highest BCUT2D eigenvalue weighted by molar-refractivity contribution is 7.92. The third-order valence-corrected chi connectivity index (χ3v) is 5.55. The number of sulfone groups is 1. The molecule has 0 amide bonds. The number of guanidine groups is 1. The Morgan fingerprint density at radius 2 is 1.91 bits per heavy atom. The van der Waals surface area contributed by atoms with Gasteiger partial charge in [-0.05, 0) is 26.8 Å². The fraction of sp³-hybridized carbons (Fsp3) is 0.533. The van der Waals surface area contributed by atoms with Gasteiger partial charge in [0.15, 0.2) is 15.8 Å². The van der Waals surface area contributed by atoms with E-state index in [1.165, 1.54) is 12.3 Å². The fourth-order valence-electron chi connectivity index (χ4n) is 1.56. The second kappa shape index (κ2) is 7.58. The van der Waals surface area contributed by atoms with E-state index in [-0.39, 0.29) is 18.9 Å². The van der Waals surface area contributed by atoms with Crippen molar-refractivity contribution in [3.63, 3.8) is 0 Å². The maximum Gasteiger partial charge on any atom is 0.191 e. The van der Waals surface area contributed by atoms with Crippen molar-refractivity contribution in [2.75, 3.05) is 19.3 Å². The molecule has 0 saturated carbocycles. The van der Waals surface area contributed by atoms with E-state index in [2.05, 4.69) is 15.6 Å².